The largest absolute Gasteiger partial charge is 0.437 e. The van der Waals surface area contributed by atoms with Gasteiger partial charge in [0.2, 0.25) is 5.88 Å². The maximum atomic E-state index is 5.75. The number of allylic oxidation sites excluding steroid dienone is 1. The van der Waals surface area contributed by atoms with E-state index in [9.17, 15) is 0 Å². The number of nitrogens with two attached hydrogens (primary N) is 1. The highest BCUT2D eigenvalue weighted by Gasteiger charge is 2.05. The third kappa shape index (κ3) is 2.85. The monoisotopic (exact) mass is 241 g/mol. The zero-order valence-electron chi connectivity index (χ0n) is 10.3. The van der Waals surface area contributed by atoms with Crippen LogP contribution in [0.15, 0.2) is 43.0 Å². The predicted octanol–water partition coefficient (Wildman–Crippen LogP) is 2.89. The van der Waals surface area contributed by atoms with Crippen LogP contribution in [0.3, 0.4) is 0 Å². The molecule has 0 fully saturated rings. The highest BCUT2D eigenvalue weighted by Crippen LogP contribution is 2.26. The molecule has 1 aromatic carbocycles. The minimum atomic E-state index is 0.468. The fourth-order valence-corrected chi connectivity index (χ4v) is 1.57. The minimum absolute atomic E-state index is 0.468. The smallest absolute Gasteiger partial charge is 0.238 e. The summed E-state index contributed by atoms with van der Waals surface area (Å²) in [6.45, 7) is 5.60. The van der Waals surface area contributed by atoms with Crippen molar-refractivity contribution in [1.82, 2.24) is 10.2 Å². The second kappa shape index (κ2) is 5.31. The summed E-state index contributed by atoms with van der Waals surface area (Å²) in [6, 6.07) is 9.14. The van der Waals surface area contributed by atoms with Gasteiger partial charge in [-0.15, -0.1) is 11.7 Å². The van der Waals surface area contributed by atoms with Crippen LogP contribution in [-0.2, 0) is 6.42 Å². The maximum absolute atomic E-state index is 5.75. The van der Waals surface area contributed by atoms with Crippen molar-refractivity contribution in [3.8, 4) is 11.6 Å². The molecule has 0 spiro atoms. The van der Waals surface area contributed by atoms with Gasteiger partial charge in [0.05, 0.1) is 5.69 Å². The quantitative estimate of drug-likeness (QED) is 0.660. The van der Waals surface area contributed by atoms with Crippen LogP contribution in [0.2, 0.25) is 0 Å². The first-order valence-corrected chi connectivity index (χ1v) is 5.66. The number of rotatable bonds is 4. The Labute approximate surface area is 106 Å². The summed E-state index contributed by atoms with van der Waals surface area (Å²) in [5.41, 5.74) is 8.29. The molecule has 4 heteroatoms. The molecule has 0 aliphatic heterocycles. The van der Waals surface area contributed by atoms with Gasteiger partial charge in [-0.3, -0.25) is 0 Å². The number of aryl methyl sites for hydroxylation is 1. The fraction of sp³-hybridized carbons (Fsp3) is 0.143. The number of aromatic nitrogens is 2. The van der Waals surface area contributed by atoms with Crippen LogP contribution in [0.4, 0.5) is 5.69 Å². The van der Waals surface area contributed by atoms with E-state index in [-0.39, 0.29) is 0 Å². The van der Waals surface area contributed by atoms with E-state index in [2.05, 4.69) is 16.8 Å². The van der Waals surface area contributed by atoms with Gasteiger partial charge in [-0.1, -0.05) is 6.08 Å². The van der Waals surface area contributed by atoms with Gasteiger partial charge in [0.1, 0.15) is 5.75 Å². The lowest BCUT2D eigenvalue weighted by Crippen LogP contribution is -1.96. The number of nitrogen functional groups attached to an aromatic ring is 1. The van der Waals surface area contributed by atoms with Crippen molar-refractivity contribution in [1.29, 1.82) is 0 Å². The molecule has 0 amide bonds. The lowest BCUT2D eigenvalue weighted by molar-refractivity contribution is 0.450. The lowest BCUT2D eigenvalue weighted by Gasteiger charge is -2.09. The molecule has 0 saturated carbocycles. The van der Waals surface area contributed by atoms with E-state index in [0.717, 1.165) is 17.0 Å². The van der Waals surface area contributed by atoms with Crippen molar-refractivity contribution in [2.24, 2.45) is 0 Å². The van der Waals surface area contributed by atoms with Crippen molar-refractivity contribution < 1.29 is 4.74 Å². The Bertz CT molecular complexity index is 549. The van der Waals surface area contributed by atoms with Crippen molar-refractivity contribution in [2.75, 3.05) is 5.73 Å². The van der Waals surface area contributed by atoms with Gasteiger partial charge >= 0.3 is 0 Å². The van der Waals surface area contributed by atoms with E-state index in [1.54, 1.807) is 12.1 Å². The first-order valence-electron chi connectivity index (χ1n) is 5.66. The van der Waals surface area contributed by atoms with Crippen molar-refractivity contribution in [3.63, 3.8) is 0 Å². The van der Waals surface area contributed by atoms with E-state index in [1.807, 2.05) is 31.2 Å². The average Bonchev–Trinajstić information content (AvgIpc) is 2.36. The van der Waals surface area contributed by atoms with Gasteiger partial charge in [-0.25, -0.2) is 0 Å². The van der Waals surface area contributed by atoms with E-state index in [1.165, 1.54) is 0 Å². The van der Waals surface area contributed by atoms with Gasteiger partial charge in [0.15, 0.2) is 0 Å². The van der Waals surface area contributed by atoms with Crippen LogP contribution in [0.5, 0.6) is 11.6 Å². The van der Waals surface area contributed by atoms with Crippen LogP contribution in [-0.4, -0.2) is 10.2 Å². The molecule has 2 N–H and O–H groups in total. The molecule has 0 saturated heterocycles. The summed E-state index contributed by atoms with van der Waals surface area (Å²) >= 11 is 0. The van der Waals surface area contributed by atoms with Crippen LogP contribution >= 0.6 is 0 Å². The van der Waals surface area contributed by atoms with Gasteiger partial charge < -0.3 is 10.5 Å². The molecule has 4 nitrogen and oxygen atoms in total. The molecule has 0 aliphatic carbocycles. The molecule has 1 aromatic heterocycles. The first kappa shape index (κ1) is 12.1. The SMILES string of the molecule is C=CCc1cc(N)ccc1Oc1ccc(C)nn1. The van der Waals surface area contributed by atoms with E-state index in [4.69, 9.17) is 10.5 Å². The lowest BCUT2D eigenvalue weighted by atomic mass is 10.1. The van der Waals surface area contributed by atoms with Crippen molar-refractivity contribution in [2.45, 2.75) is 13.3 Å². The molecular formula is C14H15N3O. The maximum Gasteiger partial charge on any atom is 0.238 e. The Kier molecular flexibility index (Phi) is 3.57. The number of nitrogens with zero attached hydrogens (tertiary/aromatic N) is 2. The summed E-state index contributed by atoms with van der Waals surface area (Å²) in [5, 5.41) is 7.92. The Morgan fingerprint density at radius 1 is 1.28 bits per heavy atom. The molecule has 92 valence electrons. The van der Waals surface area contributed by atoms with Gasteiger partial charge in [0, 0.05) is 17.3 Å². The first-order chi connectivity index (χ1) is 8.69. The minimum Gasteiger partial charge on any atom is -0.437 e. The summed E-state index contributed by atoms with van der Waals surface area (Å²) in [5.74, 6) is 1.19. The van der Waals surface area contributed by atoms with Crippen LogP contribution in [0.1, 0.15) is 11.3 Å². The Hall–Kier alpha value is -2.36. The highest BCUT2D eigenvalue weighted by atomic mass is 16.5. The van der Waals surface area contributed by atoms with Gasteiger partial charge in [0.25, 0.3) is 0 Å². The fourth-order valence-electron chi connectivity index (χ4n) is 1.57. The summed E-state index contributed by atoms with van der Waals surface area (Å²) in [4.78, 5) is 0. The van der Waals surface area contributed by atoms with Crippen molar-refractivity contribution >= 4 is 5.69 Å². The third-order valence-electron chi connectivity index (χ3n) is 2.44. The molecule has 2 aromatic rings. The Morgan fingerprint density at radius 3 is 2.78 bits per heavy atom. The topological polar surface area (TPSA) is 61.0 Å². The standard InChI is InChI=1S/C14H15N3O/c1-3-4-11-9-12(15)6-7-13(11)18-14-8-5-10(2)16-17-14/h3,5-9H,1,4,15H2,2H3. The van der Waals surface area contributed by atoms with Crippen LogP contribution in [0.25, 0.3) is 0 Å². The van der Waals surface area contributed by atoms with Crippen molar-refractivity contribution in [3.05, 3.63) is 54.2 Å². The molecule has 18 heavy (non-hydrogen) atoms. The molecule has 0 bridgehead atoms. The second-order valence-corrected chi connectivity index (χ2v) is 3.97. The zero-order valence-corrected chi connectivity index (χ0v) is 10.3. The van der Waals surface area contributed by atoms with Crippen LogP contribution < -0.4 is 10.5 Å². The van der Waals surface area contributed by atoms with E-state index in [0.29, 0.717) is 18.0 Å². The van der Waals surface area contributed by atoms with E-state index < -0.39 is 0 Å². The molecule has 0 aliphatic rings. The Morgan fingerprint density at radius 2 is 2.11 bits per heavy atom. The highest BCUT2D eigenvalue weighted by molar-refractivity contribution is 5.49. The summed E-state index contributed by atoms with van der Waals surface area (Å²) in [7, 11) is 0. The van der Waals surface area contributed by atoms with E-state index >= 15 is 0 Å². The normalized spacial score (nSPS) is 10.1. The molecule has 2 rings (SSSR count). The molecule has 0 unspecified atom stereocenters. The molecule has 1 heterocycles. The second-order valence-electron chi connectivity index (χ2n) is 3.97. The average molecular weight is 241 g/mol. The zero-order chi connectivity index (χ0) is 13.0. The summed E-state index contributed by atoms with van der Waals surface area (Å²) < 4.78 is 5.70. The number of ether oxygens (including phenoxy) is 1. The number of hydrogen-bond acceptors (Lipinski definition) is 4. The van der Waals surface area contributed by atoms with Crippen LogP contribution in [0, 0.1) is 6.92 Å². The number of anilines is 1. The molecule has 0 radical (unpaired) electrons. The Balaban J connectivity index is 2.27. The predicted molar refractivity (Wildman–Crippen MR) is 71.6 cm³/mol. The van der Waals surface area contributed by atoms with Gasteiger partial charge in [-0.05, 0) is 37.6 Å². The summed E-state index contributed by atoms with van der Waals surface area (Å²) in [6.07, 6.45) is 2.50. The third-order valence-corrected chi connectivity index (χ3v) is 2.44. The number of hydrogen-bond donors (Lipinski definition) is 1. The number of benzene rings is 1. The molecular weight excluding hydrogens is 226 g/mol. The van der Waals surface area contributed by atoms with Gasteiger partial charge in [-0.2, -0.15) is 5.10 Å². The molecule has 0 atom stereocenters.